The average molecular weight is 383 g/mol. The number of rotatable bonds is 8. The van der Waals surface area contributed by atoms with E-state index in [4.69, 9.17) is 32.7 Å². The third-order valence-electron chi connectivity index (χ3n) is 3.33. The second kappa shape index (κ2) is 9.49. The first-order valence-corrected chi connectivity index (χ1v) is 8.79. The quantitative estimate of drug-likeness (QED) is 0.696. The van der Waals surface area contributed by atoms with Crippen molar-refractivity contribution < 1.29 is 14.3 Å². The third-order valence-corrected chi connectivity index (χ3v) is 3.85. The maximum Gasteiger partial charge on any atom is 0.271 e. The first-order valence-electron chi connectivity index (χ1n) is 8.03. The zero-order valence-corrected chi connectivity index (χ0v) is 15.7. The molecule has 2 rings (SSSR count). The minimum atomic E-state index is -0.358. The Kier molecular flexibility index (Phi) is 7.34. The van der Waals surface area contributed by atoms with Crippen LogP contribution < -0.4 is 14.8 Å². The van der Waals surface area contributed by atoms with Crippen LogP contribution in [0.5, 0.6) is 11.5 Å². The minimum Gasteiger partial charge on any atom is -0.490 e. The van der Waals surface area contributed by atoms with Crippen LogP contribution in [0, 0.1) is 0 Å². The van der Waals surface area contributed by atoms with Crippen molar-refractivity contribution >= 4 is 29.1 Å². The van der Waals surface area contributed by atoms with Crippen molar-refractivity contribution in [3.05, 3.63) is 51.8 Å². The Hall–Kier alpha value is -1.98. The highest BCUT2D eigenvalue weighted by Gasteiger charge is 2.13. The number of nitrogens with one attached hydrogen (secondary N) is 1. The van der Waals surface area contributed by atoms with Crippen LogP contribution >= 0.6 is 23.2 Å². The van der Waals surface area contributed by atoms with Crippen LogP contribution in [0.1, 0.15) is 29.9 Å². The highest BCUT2D eigenvalue weighted by Crippen LogP contribution is 2.28. The van der Waals surface area contributed by atoms with Gasteiger partial charge in [-0.15, -0.1) is 0 Å². The van der Waals surface area contributed by atoms with Crippen molar-refractivity contribution in [3.63, 3.8) is 0 Å². The van der Waals surface area contributed by atoms with Gasteiger partial charge in [-0.3, -0.25) is 4.79 Å². The molecule has 0 aliphatic rings. The Bertz CT molecular complexity index is 738. The number of carbonyl (C=O) groups excluding carboxylic acids is 1. The number of pyridine rings is 1. The second-order valence-corrected chi connectivity index (χ2v) is 5.91. The van der Waals surface area contributed by atoms with E-state index in [1.54, 1.807) is 6.07 Å². The van der Waals surface area contributed by atoms with Crippen molar-refractivity contribution in [2.45, 2.75) is 20.3 Å². The topological polar surface area (TPSA) is 60.5 Å². The van der Waals surface area contributed by atoms with E-state index >= 15 is 0 Å². The van der Waals surface area contributed by atoms with E-state index in [0.717, 1.165) is 5.56 Å². The van der Waals surface area contributed by atoms with E-state index < -0.39 is 0 Å². The van der Waals surface area contributed by atoms with Crippen LogP contribution in [0.15, 0.2) is 30.3 Å². The van der Waals surface area contributed by atoms with Crippen LogP contribution in [0.25, 0.3) is 0 Å². The molecule has 0 atom stereocenters. The molecule has 1 aromatic carbocycles. The molecule has 25 heavy (non-hydrogen) atoms. The molecule has 0 saturated carbocycles. The lowest BCUT2D eigenvalue weighted by Gasteiger charge is -2.12. The summed E-state index contributed by atoms with van der Waals surface area (Å²) in [6.45, 7) is 5.41. The lowest BCUT2D eigenvalue weighted by Crippen LogP contribution is -2.26. The normalized spacial score (nSPS) is 10.4. The van der Waals surface area contributed by atoms with Crippen molar-refractivity contribution in [2.24, 2.45) is 0 Å². The Morgan fingerprint density at radius 2 is 1.80 bits per heavy atom. The monoisotopic (exact) mass is 382 g/mol. The summed E-state index contributed by atoms with van der Waals surface area (Å²) in [4.78, 5) is 16.1. The molecule has 0 unspecified atom stereocenters. The van der Waals surface area contributed by atoms with Crippen molar-refractivity contribution in [2.75, 3.05) is 19.8 Å². The number of halogens is 2. The van der Waals surface area contributed by atoms with E-state index in [9.17, 15) is 4.79 Å². The van der Waals surface area contributed by atoms with Gasteiger partial charge in [-0.25, -0.2) is 4.98 Å². The molecule has 1 aromatic heterocycles. The number of carbonyl (C=O) groups is 1. The van der Waals surface area contributed by atoms with Crippen molar-refractivity contribution in [1.82, 2.24) is 10.3 Å². The number of amides is 1. The molecular formula is C18H20Cl2N2O3. The minimum absolute atomic E-state index is 0.121. The van der Waals surface area contributed by atoms with Crippen molar-refractivity contribution in [1.29, 1.82) is 0 Å². The molecule has 5 nitrogen and oxygen atoms in total. The average Bonchev–Trinajstić information content (AvgIpc) is 2.59. The number of aromatic nitrogens is 1. The molecule has 0 spiro atoms. The molecule has 0 aliphatic heterocycles. The fourth-order valence-electron chi connectivity index (χ4n) is 2.23. The predicted molar refractivity (Wildman–Crippen MR) is 99.1 cm³/mol. The van der Waals surface area contributed by atoms with Crippen LogP contribution in [-0.2, 0) is 6.42 Å². The summed E-state index contributed by atoms with van der Waals surface area (Å²) in [5, 5.41) is 3.28. The van der Waals surface area contributed by atoms with Crippen LogP contribution in [0.3, 0.4) is 0 Å². The molecule has 0 radical (unpaired) electrons. The third kappa shape index (κ3) is 5.51. The first kappa shape index (κ1) is 19.3. The van der Waals surface area contributed by atoms with E-state index in [0.29, 0.717) is 37.7 Å². The molecule has 0 bridgehead atoms. The predicted octanol–water partition coefficient (Wildman–Crippen LogP) is 4.16. The van der Waals surface area contributed by atoms with Gasteiger partial charge < -0.3 is 14.8 Å². The van der Waals surface area contributed by atoms with Gasteiger partial charge in [0.1, 0.15) is 10.8 Å². The number of benzene rings is 1. The second-order valence-electron chi connectivity index (χ2n) is 5.12. The Morgan fingerprint density at radius 3 is 2.52 bits per heavy atom. The first-order chi connectivity index (χ1) is 12.0. The van der Waals surface area contributed by atoms with E-state index in [1.165, 1.54) is 6.07 Å². The summed E-state index contributed by atoms with van der Waals surface area (Å²) in [6.07, 6.45) is 0.635. The van der Waals surface area contributed by atoms with Crippen LogP contribution in [0.4, 0.5) is 0 Å². The maximum atomic E-state index is 12.2. The fourth-order valence-corrected chi connectivity index (χ4v) is 2.57. The molecule has 7 heteroatoms. The highest BCUT2D eigenvalue weighted by atomic mass is 35.5. The number of hydrogen-bond donors (Lipinski definition) is 1. The van der Waals surface area contributed by atoms with Gasteiger partial charge in [-0.05, 0) is 50.1 Å². The maximum absolute atomic E-state index is 12.2. The van der Waals surface area contributed by atoms with Crippen LogP contribution in [0.2, 0.25) is 10.2 Å². The Labute approximate surface area is 157 Å². The van der Waals surface area contributed by atoms with Crippen LogP contribution in [-0.4, -0.2) is 30.6 Å². The highest BCUT2D eigenvalue weighted by molar-refractivity contribution is 6.34. The molecule has 0 fully saturated rings. The number of nitrogens with zero attached hydrogens (tertiary/aromatic N) is 1. The van der Waals surface area contributed by atoms with Gasteiger partial charge >= 0.3 is 0 Å². The largest absolute Gasteiger partial charge is 0.490 e. The molecule has 1 amide bonds. The smallest absolute Gasteiger partial charge is 0.271 e. The fraction of sp³-hybridized carbons (Fsp3) is 0.333. The zero-order chi connectivity index (χ0) is 18.2. The Balaban J connectivity index is 1.98. The van der Waals surface area contributed by atoms with Gasteiger partial charge in [-0.1, -0.05) is 29.3 Å². The number of ether oxygens (including phenoxy) is 2. The summed E-state index contributed by atoms with van der Waals surface area (Å²) in [6, 6.07) is 8.83. The van der Waals surface area contributed by atoms with E-state index in [-0.39, 0.29) is 21.8 Å². The Morgan fingerprint density at radius 1 is 1.08 bits per heavy atom. The molecule has 134 valence electrons. The van der Waals surface area contributed by atoms with Gasteiger partial charge in [-0.2, -0.15) is 0 Å². The van der Waals surface area contributed by atoms with Gasteiger partial charge in [0.05, 0.1) is 18.2 Å². The molecule has 1 heterocycles. The summed E-state index contributed by atoms with van der Waals surface area (Å²) in [5.74, 6) is 1.06. The summed E-state index contributed by atoms with van der Waals surface area (Å²) >= 11 is 11.8. The molecule has 0 aliphatic carbocycles. The van der Waals surface area contributed by atoms with Gasteiger partial charge in [0, 0.05) is 6.54 Å². The number of hydrogen-bond acceptors (Lipinski definition) is 4. The summed E-state index contributed by atoms with van der Waals surface area (Å²) in [5.41, 5.74) is 1.15. The molecule has 0 saturated heterocycles. The van der Waals surface area contributed by atoms with Gasteiger partial charge in [0.2, 0.25) is 0 Å². The lowest BCUT2D eigenvalue weighted by atomic mass is 10.1. The molecular weight excluding hydrogens is 363 g/mol. The van der Waals surface area contributed by atoms with Crippen molar-refractivity contribution in [3.8, 4) is 11.5 Å². The SMILES string of the molecule is CCOc1ccc(CCNC(=O)c2nc(Cl)ccc2Cl)cc1OCC. The summed E-state index contributed by atoms with van der Waals surface area (Å²) in [7, 11) is 0. The lowest BCUT2D eigenvalue weighted by molar-refractivity contribution is 0.0949. The standard InChI is InChI=1S/C18H20Cl2N2O3/c1-3-24-14-7-5-12(11-15(14)25-4-2)9-10-21-18(23)17-13(19)6-8-16(20)22-17/h5-8,11H,3-4,9-10H2,1-2H3,(H,21,23). The van der Waals surface area contributed by atoms with E-state index in [1.807, 2.05) is 32.0 Å². The van der Waals surface area contributed by atoms with Gasteiger partial charge in [0.15, 0.2) is 11.5 Å². The molecule has 1 N–H and O–H groups in total. The summed E-state index contributed by atoms with van der Waals surface area (Å²) < 4.78 is 11.1. The van der Waals surface area contributed by atoms with Gasteiger partial charge in [0.25, 0.3) is 5.91 Å². The van der Waals surface area contributed by atoms with E-state index in [2.05, 4.69) is 10.3 Å². The zero-order valence-electron chi connectivity index (χ0n) is 14.1. The molecule has 2 aromatic rings.